The Kier molecular flexibility index (Phi) is 4.32. The van der Waals surface area contributed by atoms with Crippen molar-refractivity contribution in [3.8, 4) is 0 Å². The van der Waals surface area contributed by atoms with E-state index in [0.717, 1.165) is 24.5 Å². The molecule has 0 spiro atoms. The van der Waals surface area contributed by atoms with Gasteiger partial charge < -0.3 is 15.5 Å². The Bertz CT molecular complexity index is 472. The molecule has 1 aromatic rings. The molecule has 4 nitrogen and oxygen atoms in total. The van der Waals surface area contributed by atoms with Gasteiger partial charge in [-0.25, -0.2) is 0 Å². The maximum absolute atomic E-state index is 12.2. The summed E-state index contributed by atoms with van der Waals surface area (Å²) in [5, 5.41) is 6.80. The molecule has 1 unspecified atom stereocenters. The summed E-state index contributed by atoms with van der Waals surface area (Å²) in [6.45, 7) is 3.82. The van der Waals surface area contributed by atoms with Gasteiger partial charge in [-0.3, -0.25) is 4.79 Å². The van der Waals surface area contributed by atoms with Crippen molar-refractivity contribution < 1.29 is 4.79 Å². The van der Waals surface area contributed by atoms with Gasteiger partial charge in [0.05, 0.1) is 11.4 Å². The molecule has 1 atom stereocenters. The lowest BCUT2D eigenvalue weighted by atomic mass is 9.88. The van der Waals surface area contributed by atoms with Gasteiger partial charge in [-0.15, -0.1) is 0 Å². The molecule has 1 fully saturated rings. The van der Waals surface area contributed by atoms with Crippen LogP contribution in [0.2, 0.25) is 5.02 Å². The largest absolute Gasteiger partial charge is 0.376 e. The Morgan fingerprint density at radius 3 is 2.68 bits per heavy atom. The van der Waals surface area contributed by atoms with Gasteiger partial charge in [0.25, 0.3) is 0 Å². The average molecular weight is 282 g/mol. The van der Waals surface area contributed by atoms with E-state index in [-0.39, 0.29) is 11.8 Å². The van der Waals surface area contributed by atoms with E-state index in [2.05, 4.69) is 10.6 Å². The molecule has 1 aromatic carbocycles. The topological polar surface area (TPSA) is 44.4 Å². The summed E-state index contributed by atoms with van der Waals surface area (Å²) in [5.41, 5.74) is 1.72. The molecule has 19 heavy (non-hydrogen) atoms. The van der Waals surface area contributed by atoms with Crippen molar-refractivity contribution in [2.75, 3.05) is 37.4 Å². The summed E-state index contributed by atoms with van der Waals surface area (Å²) in [6, 6.07) is 5.53. The van der Waals surface area contributed by atoms with Crippen LogP contribution in [0.15, 0.2) is 18.2 Å². The number of halogens is 1. The molecule has 0 radical (unpaired) electrons. The molecule has 1 aliphatic rings. The second kappa shape index (κ2) is 5.80. The molecule has 0 bridgehead atoms. The van der Waals surface area contributed by atoms with E-state index >= 15 is 0 Å². The number of carbonyl (C=O) groups is 1. The molecule has 0 aromatic heterocycles. The van der Waals surface area contributed by atoms with Crippen molar-refractivity contribution in [1.29, 1.82) is 0 Å². The van der Waals surface area contributed by atoms with Crippen LogP contribution in [0, 0.1) is 11.8 Å². The van der Waals surface area contributed by atoms with E-state index in [1.54, 1.807) is 6.07 Å². The SMILES string of the molecule is CC(C(=O)Nc1cc(Cl)ccc1N(C)C)C1CNC1. The summed E-state index contributed by atoms with van der Waals surface area (Å²) in [5.74, 6) is 0.495. The van der Waals surface area contributed by atoms with Crippen LogP contribution in [0.5, 0.6) is 0 Å². The molecule has 1 amide bonds. The second-order valence-corrected chi connectivity index (χ2v) is 5.69. The molecule has 1 heterocycles. The van der Waals surface area contributed by atoms with E-state index < -0.39 is 0 Å². The van der Waals surface area contributed by atoms with Gasteiger partial charge in [-0.1, -0.05) is 18.5 Å². The average Bonchev–Trinajstić information content (AvgIpc) is 2.26. The van der Waals surface area contributed by atoms with Gasteiger partial charge in [0.15, 0.2) is 0 Å². The number of rotatable bonds is 4. The van der Waals surface area contributed by atoms with Gasteiger partial charge in [0, 0.05) is 25.0 Å². The molecule has 0 aliphatic carbocycles. The van der Waals surface area contributed by atoms with Crippen LogP contribution >= 0.6 is 11.6 Å². The highest BCUT2D eigenvalue weighted by Gasteiger charge is 2.29. The highest BCUT2D eigenvalue weighted by molar-refractivity contribution is 6.31. The van der Waals surface area contributed by atoms with Crippen molar-refractivity contribution in [3.63, 3.8) is 0 Å². The zero-order chi connectivity index (χ0) is 14.0. The fraction of sp³-hybridized carbons (Fsp3) is 0.500. The van der Waals surface area contributed by atoms with Gasteiger partial charge in [0.2, 0.25) is 5.91 Å². The molecular weight excluding hydrogens is 262 g/mol. The van der Waals surface area contributed by atoms with Crippen LogP contribution < -0.4 is 15.5 Å². The number of hydrogen-bond donors (Lipinski definition) is 2. The quantitative estimate of drug-likeness (QED) is 0.889. The Labute approximate surface area is 119 Å². The molecule has 2 rings (SSSR count). The van der Waals surface area contributed by atoms with Crippen LogP contribution in [0.4, 0.5) is 11.4 Å². The maximum Gasteiger partial charge on any atom is 0.227 e. The van der Waals surface area contributed by atoms with Crippen molar-refractivity contribution in [1.82, 2.24) is 5.32 Å². The minimum absolute atomic E-state index is 0.00949. The van der Waals surface area contributed by atoms with Crippen LogP contribution in [0.25, 0.3) is 0 Å². The predicted octanol–water partition coefficient (Wildman–Crippen LogP) is 2.20. The number of benzene rings is 1. The van der Waals surface area contributed by atoms with Gasteiger partial charge in [0.1, 0.15) is 0 Å². The minimum Gasteiger partial charge on any atom is -0.376 e. The van der Waals surface area contributed by atoms with Crippen molar-refractivity contribution in [2.24, 2.45) is 11.8 Å². The third-order valence-electron chi connectivity index (χ3n) is 3.63. The number of nitrogens with zero attached hydrogens (tertiary/aromatic N) is 1. The summed E-state index contributed by atoms with van der Waals surface area (Å²) < 4.78 is 0. The third-order valence-corrected chi connectivity index (χ3v) is 3.87. The first-order chi connectivity index (χ1) is 8.99. The number of nitrogens with one attached hydrogen (secondary N) is 2. The first-order valence-corrected chi connectivity index (χ1v) is 6.85. The lowest BCUT2D eigenvalue weighted by Gasteiger charge is -2.32. The third kappa shape index (κ3) is 3.19. The van der Waals surface area contributed by atoms with E-state index in [9.17, 15) is 4.79 Å². The van der Waals surface area contributed by atoms with Crippen LogP contribution in [0.1, 0.15) is 6.92 Å². The minimum atomic E-state index is 0.00949. The standard InChI is InChI=1S/C14H20ClN3O/c1-9(10-7-16-8-10)14(19)17-12-6-11(15)4-5-13(12)18(2)3/h4-6,9-10,16H,7-8H2,1-3H3,(H,17,19). The lowest BCUT2D eigenvalue weighted by Crippen LogP contribution is -2.48. The van der Waals surface area contributed by atoms with Crippen molar-refractivity contribution >= 4 is 28.9 Å². The summed E-state index contributed by atoms with van der Waals surface area (Å²) in [6.07, 6.45) is 0. The van der Waals surface area contributed by atoms with Gasteiger partial charge >= 0.3 is 0 Å². The molecular formula is C14H20ClN3O. The predicted molar refractivity (Wildman–Crippen MR) is 79.9 cm³/mol. The fourth-order valence-electron chi connectivity index (χ4n) is 2.12. The van der Waals surface area contributed by atoms with Crippen molar-refractivity contribution in [3.05, 3.63) is 23.2 Å². The summed E-state index contributed by atoms with van der Waals surface area (Å²) in [7, 11) is 3.89. The zero-order valence-corrected chi connectivity index (χ0v) is 12.3. The molecule has 5 heteroatoms. The van der Waals surface area contributed by atoms with Gasteiger partial charge in [-0.2, -0.15) is 0 Å². The highest BCUT2D eigenvalue weighted by Crippen LogP contribution is 2.29. The number of carbonyl (C=O) groups excluding carboxylic acids is 1. The Hall–Kier alpha value is -1.26. The number of amides is 1. The van der Waals surface area contributed by atoms with E-state index in [0.29, 0.717) is 10.9 Å². The first-order valence-electron chi connectivity index (χ1n) is 6.47. The van der Waals surface area contributed by atoms with Crippen LogP contribution in [-0.2, 0) is 4.79 Å². The zero-order valence-electron chi connectivity index (χ0n) is 11.5. The molecule has 2 N–H and O–H groups in total. The van der Waals surface area contributed by atoms with Crippen LogP contribution in [0.3, 0.4) is 0 Å². The normalized spacial score (nSPS) is 16.6. The molecule has 104 valence electrons. The first kappa shape index (κ1) is 14.2. The van der Waals surface area contributed by atoms with Gasteiger partial charge in [-0.05, 0) is 37.2 Å². The molecule has 1 aliphatic heterocycles. The van der Waals surface area contributed by atoms with Crippen molar-refractivity contribution in [2.45, 2.75) is 6.92 Å². The Morgan fingerprint density at radius 2 is 2.16 bits per heavy atom. The Balaban J connectivity index is 2.13. The molecule has 0 saturated carbocycles. The molecule has 1 saturated heterocycles. The second-order valence-electron chi connectivity index (χ2n) is 5.25. The highest BCUT2D eigenvalue weighted by atomic mass is 35.5. The van der Waals surface area contributed by atoms with Crippen LogP contribution in [-0.4, -0.2) is 33.1 Å². The smallest absolute Gasteiger partial charge is 0.227 e. The number of anilines is 2. The lowest BCUT2D eigenvalue weighted by molar-refractivity contribution is -0.121. The number of hydrogen-bond acceptors (Lipinski definition) is 3. The Morgan fingerprint density at radius 1 is 1.47 bits per heavy atom. The van der Waals surface area contributed by atoms with E-state index in [1.807, 2.05) is 38.1 Å². The van der Waals surface area contributed by atoms with E-state index in [1.165, 1.54) is 0 Å². The fourth-order valence-corrected chi connectivity index (χ4v) is 2.30. The van der Waals surface area contributed by atoms with E-state index in [4.69, 9.17) is 11.6 Å². The summed E-state index contributed by atoms with van der Waals surface area (Å²) in [4.78, 5) is 14.2. The monoisotopic (exact) mass is 281 g/mol. The summed E-state index contributed by atoms with van der Waals surface area (Å²) >= 11 is 6.01. The maximum atomic E-state index is 12.2.